The van der Waals surface area contributed by atoms with E-state index >= 15 is 0 Å². The van der Waals surface area contributed by atoms with Gasteiger partial charge < -0.3 is 9.47 Å². The van der Waals surface area contributed by atoms with Crippen molar-refractivity contribution in [1.82, 2.24) is 9.55 Å². The van der Waals surface area contributed by atoms with E-state index in [1.165, 1.54) is 22.8 Å². The van der Waals surface area contributed by atoms with Gasteiger partial charge in [0.1, 0.15) is 11.6 Å². The number of rotatable bonds is 2. The molecule has 4 nitrogen and oxygen atoms in total. The Morgan fingerprint density at radius 3 is 2.71 bits per heavy atom. The van der Waals surface area contributed by atoms with Gasteiger partial charge in [-0.05, 0) is 18.6 Å². The van der Waals surface area contributed by atoms with Gasteiger partial charge in [-0.1, -0.05) is 6.07 Å². The smallest absolute Gasteiger partial charge is 0.293 e. The quantitative estimate of drug-likeness (QED) is 0.850. The molecule has 0 bridgehead atoms. The van der Waals surface area contributed by atoms with Crippen LogP contribution >= 0.6 is 0 Å². The van der Waals surface area contributed by atoms with E-state index in [1.54, 1.807) is 24.3 Å². The minimum absolute atomic E-state index is 0.104. The van der Waals surface area contributed by atoms with Crippen LogP contribution in [0.5, 0.6) is 0 Å². The Kier molecular flexibility index (Phi) is 3.45. The first-order valence-electron chi connectivity index (χ1n) is 6.78. The Labute approximate surface area is 120 Å². The predicted octanol–water partition coefficient (Wildman–Crippen LogP) is 2.05. The van der Waals surface area contributed by atoms with Crippen molar-refractivity contribution < 1.29 is 8.78 Å². The van der Waals surface area contributed by atoms with Crippen molar-refractivity contribution in [1.29, 1.82) is 0 Å². The molecule has 1 aromatic heterocycles. The average Bonchev–Trinajstić information content (AvgIpc) is 2.91. The largest absolute Gasteiger partial charge is 0.351 e. The summed E-state index contributed by atoms with van der Waals surface area (Å²) in [5, 5.41) is 0. The lowest BCUT2D eigenvalue weighted by Crippen LogP contribution is -2.30. The molecular formula is C15H15F2N3O. The summed E-state index contributed by atoms with van der Waals surface area (Å²) in [6, 6.07) is 3.89. The van der Waals surface area contributed by atoms with Gasteiger partial charge in [0.25, 0.3) is 5.56 Å². The van der Waals surface area contributed by atoms with Gasteiger partial charge in [0, 0.05) is 44.0 Å². The van der Waals surface area contributed by atoms with Crippen LogP contribution in [-0.2, 0) is 7.05 Å². The van der Waals surface area contributed by atoms with Crippen LogP contribution in [0.4, 0.5) is 14.6 Å². The standard InChI is InChI=1S/C15H15F2N3O/c1-19-8-6-18-14(15(19)21)20-7-5-10(9-20)13-11(16)3-2-4-12(13)17/h2-4,6,8,10H,5,7,9H2,1H3. The molecule has 0 spiro atoms. The van der Waals surface area contributed by atoms with Gasteiger partial charge in [-0.2, -0.15) is 0 Å². The van der Waals surface area contributed by atoms with Crippen LogP contribution in [-0.4, -0.2) is 22.6 Å². The molecule has 110 valence electrons. The monoisotopic (exact) mass is 291 g/mol. The Morgan fingerprint density at radius 1 is 1.29 bits per heavy atom. The number of hydrogen-bond donors (Lipinski definition) is 0. The summed E-state index contributed by atoms with van der Waals surface area (Å²) in [7, 11) is 1.65. The van der Waals surface area contributed by atoms with E-state index < -0.39 is 11.6 Å². The lowest BCUT2D eigenvalue weighted by atomic mass is 9.97. The summed E-state index contributed by atoms with van der Waals surface area (Å²) in [5.41, 5.74) is -0.0973. The third kappa shape index (κ3) is 2.41. The van der Waals surface area contributed by atoms with Crippen molar-refractivity contribution in [2.45, 2.75) is 12.3 Å². The molecule has 1 fully saturated rings. The zero-order chi connectivity index (χ0) is 15.0. The summed E-state index contributed by atoms with van der Waals surface area (Å²) in [4.78, 5) is 17.9. The summed E-state index contributed by atoms with van der Waals surface area (Å²) in [5.74, 6) is -0.997. The number of halogens is 2. The molecule has 0 saturated carbocycles. The van der Waals surface area contributed by atoms with E-state index in [2.05, 4.69) is 4.98 Å². The molecule has 1 aromatic carbocycles. The van der Waals surface area contributed by atoms with Crippen molar-refractivity contribution in [2.24, 2.45) is 7.05 Å². The van der Waals surface area contributed by atoms with Crippen molar-refractivity contribution in [2.75, 3.05) is 18.0 Å². The summed E-state index contributed by atoms with van der Waals surface area (Å²) < 4.78 is 29.1. The minimum atomic E-state index is -0.532. The van der Waals surface area contributed by atoms with Crippen molar-refractivity contribution in [3.63, 3.8) is 0 Å². The first kappa shape index (κ1) is 13.7. The molecule has 6 heteroatoms. The third-order valence-corrected chi connectivity index (χ3v) is 3.89. The third-order valence-electron chi connectivity index (χ3n) is 3.89. The Hall–Kier alpha value is -2.24. The fourth-order valence-electron chi connectivity index (χ4n) is 2.79. The van der Waals surface area contributed by atoms with Crippen molar-refractivity contribution >= 4 is 5.82 Å². The molecule has 21 heavy (non-hydrogen) atoms. The molecule has 1 aliphatic heterocycles. The minimum Gasteiger partial charge on any atom is -0.351 e. The van der Waals surface area contributed by atoms with E-state index in [-0.39, 0.29) is 17.0 Å². The van der Waals surface area contributed by atoms with Crippen LogP contribution in [0, 0.1) is 11.6 Å². The highest BCUT2D eigenvalue weighted by molar-refractivity contribution is 5.40. The first-order valence-corrected chi connectivity index (χ1v) is 6.78. The topological polar surface area (TPSA) is 38.1 Å². The molecule has 1 atom stereocenters. The average molecular weight is 291 g/mol. The number of nitrogens with zero attached hydrogens (tertiary/aromatic N) is 3. The van der Waals surface area contributed by atoms with Gasteiger partial charge in [0.05, 0.1) is 0 Å². The maximum absolute atomic E-state index is 13.8. The Morgan fingerprint density at radius 2 is 2.00 bits per heavy atom. The van der Waals surface area contributed by atoms with Crippen LogP contribution in [0.2, 0.25) is 0 Å². The number of aryl methyl sites for hydroxylation is 1. The number of benzene rings is 1. The van der Waals surface area contributed by atoms with Gasteiger partial charge in [-0.3, -0.25) is 4.79 Å². The highest BCUT2D eigenvalue weighted by Gasteiger charge is 2.30. The lowest BCUT2D eigenvalue weighted by molar-refractivity contribution is 0.533. The molecule has 2 aromatic rings. The maximum atomic E-state index is 13.8. The van der Waals surface area contributed by atoms with E-state index in [4.69, 9.17) is 0 Å². The van der Waals surface area contributed by atoms with E-state index in [0.29, 0.717) is 25.3 Å². The fraction of sp³-hybridized carbons (Fsp3) is 0.333. The lowest BCUT2D eigenvalue weighted by Gasteiger charge is -2.17. The zero-order valence-electron chi connectivity index (χ0n) is 11.6. The van der Waals surface area contributed by atoms with Crippen LogP contribution in [0.15, 0.2) is 35.4 Å². The summed E-state index contributed by atoms with van der Waals surface area (Å²) in [6.07, 6.45) is 3.72. The summed E-state index contributed by atoms with van der Waals surface area (Å²) >= 11 is 0. The second-order valence-electron chi connectivity index (χ2n) is 5.23. The van der Waals surface area contributed by atoms with Gasteiger partial charge >= 0.3 is 0 Å². The second-order valence-corrected chi connectivity index (χ2v) is 5.23. The van der Waals surface area contributed by atoms with E-state index in [1.807, 2.05) is 0 Å². The van der Waals surface area contributed by atoms with Gasteiger partial charge in [-0.15, -0.1) is 0 Å². The second kappa shape index (κ2) is 5.27. The molecule has 1 unspecified atom stereocenters. The fourth-order valence-corrected chi connectivity index (χ4v) is 2.79. The van der Waals surface area contributed by atoms with Crippen molar-refractivity contribution in [3.05, 3.63) is 58.1 Å². The van der Waals surface area contributed by atoms with Gasteiger partial charge in [0.2, 0.25) is 0 Å². The highest BCUT2D eigenvalue weighted by Crippen LogP contribution is 2.31. The van der Waals surface area contributed by atoms with E-state index in [9.17, 15) is 13.6 Å². The molecule has 3 rings (SSSR count). The molecule has 0 N–H and O–H groups in total. The summed E-state index contributed by atoms with van der Waals surface area (Å²) in [6.45, 7) is 0.953. The Bertz CT molecular complexity index is 709. The van der Waals surface area contributed by atoms with Crippen LogP contribution in [0.1, 0.15) is 17.9 Å². The van der Waals surface area contributed by atoms with Crippen molar-refractivity contribution in [3.8, 4) is 0 Å². The van der Waals surface area contributed by atoms with Crippen LogP contribution in [0.25, 0.3) is 0 Å². The number of aromatic nitrogens is 2. The predicted molar refractivity (Wildman–Crippen MR) is 75.4 cm³/mol. The molecule has 0 aliphatic carbocycles. The maximum Gasteiger partial charge on any atom is 0.293 e. The zero-order valence-corrected chi connectivity index (χ0v) is 11.6. The van der Waals surface area contributed by atoms with Gasteiger partial charge in [-0.25, -0.2) is 13.8 Å². The molecule has 0 amide bonds. The highest BCUT2D eigenvalue weighted by atomic mass is 19.1. The van der Waals surface area contributed by atoms with Gasteiger partial charge in [0.15, 0.2) is 5.82 Å². The Balaban J connectivity index is 1.89. The molecule has 1 aliphatic rings. The number of anilines is 1. The molecule has 1 saturated heterocycles. The molecular weight excluding hydrogens is 276 g/mol. The van der Waals surface area contributed by atoms with E-state index in [0.717, 1.165) is 0 Å². The van der Waals surface area contributed by atoms with Crippen LogP contribution < -0.4 is 10.5 Å². The van der Waals surface area contributed by atoms with Crippen LogP contribution in [0.3, 0.4) is 0 Å². The first-order chi connectivity index (χ1) is 10.1. The molecule has 2 heterocycles. The molecule has 0 radical (unpaired) electrons. The number of hydrogen-bond acceptors (Lipinski definition) is 3. The normalized spacial score (nSPS) is 18.2. The SMILES string of the molecule is Cn1ccnc(N2CCC(c3c(F)cccc3F)C2)c1=O.